The predicted molar refractivity (Wildman–Crippen MR) is 63.7 cm³/mol. The van der Waals surface area contributed by atoms with Gasteiger partial charge in [-0.3, -0.25) is 0 Å². The summed E-state index contributed by atoms with van der Waals surface area (Å²) in [6.07, 6.45) is 1.12. The monoisotopic (exact) mass is 218 g/mol. The smallest absolute Gasteiger partial charge is 0.340 e. The molecular formula is C11H26O2Si. The Morgan fingerprint density at radius 3 is 1.50 bits per heavy atom. The summed E-state index contributed by atoms with van der Waals surface area (Å²) in [5, 5.41) is 0.134. The van der Waals surface area contributed by atoms with Gasteiger partial charge in [-0.1, -0.05) is 34.6 Å². The second-order valence-electron chi connectivity index (χ2n) is 5.98. The zero-order valence-corrected chi connectivity index (χ0v) is 12.0. The van der Waals surface area contributed by atoms with Gasteiger partial charge in [0, 0.05) is 19.3 Å². The Morgan fingerprint density at radius 1 is 0.929 bits per heavy atom. The third-order valence-electron chi connectivity index (χ3n) is 2.98. The normalized spacial score (nSPS) is 14.6. The van der Waals surface area contributed by atoms with E-state index in [1.165, 1.54) is 0 Å². The molecule has 0 aromatic rings. The van der Waals surface area contributed by atoms with Crippen LogP contribution >= 0.6 is 0 Å². The molecule has 3 heteroatoms. The van der Waals surface area contributed by atoms with Crippen LogP contribution in [0, 0.1) is 5.41 Å². The van der Waals surface area contributed by atoms with Crippen molar-refractivity contribution in [2.45, 2.75) is 52.6 Å². The Balaban J connectivity index is 4.75. The van der Waals surface area contributed by atoms with Crippen molar-refractivity contribution in [3.63, 3.8) is 0 Å². The Hall–Kier alpha value is 0.137. The highest BCUT2D eigenvalue weighted by molar-refractivity contribution is 6.69. The first kappa shape index (κ1) is 14.1. The van der Waals surface area contributed by atoms with E-state index in [4.69, 9.17) is 8.85 Å². The Bertz CT molecular complexity index is 178. The molecule has 0 amide bonds. The average Bonchev–Trinajstić information content (AvgIpc) is 1.98. The molecule has 0 spiro atoms. The van der Waals surface area contributed by atoms with Crippen molar-refractivity contribution in [2.75, 3.05) is 14.2 Å². The summed E-state index contributed by atoms with van der Waals surface area (Å²) >= 11 is 0. The molecule has 0 aliphatic carbocycles. The molecule has 14 heavy (non-hydrogen) atoms. The summed E-state index contributed by atoms with van der Waals surface area (Å²) in [4.78, 5) is 0. The standard InChI is InChI=1S/C11H26O2Si/c1-10(2,3)9-11(4,5)14(8,12-6)13-7/h9H2,1-8H3. The Kier molecular flexibility index (Phi) is 4.37. The van der Waals surface area contributed by atoms with Gasteiger partial charge in [-0.15, -0.1) is 0 Å². The van der Waals surface area contributed by atoms with E-state index in [0.717, 1.165) is 6.42 Å². The van der Waals surface area contributed by atoms with Gasteiger partial charge in [-0.2, -0.15) is 0 Å². The highest BCUT2D eigenvalue weighted by Crippen LogP contribution is 2.46. The number of hydrogen-bond acceptors (Lipinski definition) is 2. The fourth-order valence-electron chi connectivity index (χ4n) is 2.12. The summed E-state index contributed by atoms with van der Waals surface area (Å²) < 4.78 is 11.2. The van der Waals surface area contributed by atoms with E-state index in [0.29, 0.717) is 5.41 Å². The van der Waals surface area contributed by atoms with Gasteiger partial charge in [-0.05, 0) is 18.4 Å². The number of rotatable bonds is 4. The minimum absolute atomic E-state index is 0.134. The maximum atomic E-state index is 5.61. The van der Waals surface area contributed by atoms with Gasteiger partial charge in [-0.25, -0.2) is 0 Å². The van der Waals surface area contributed by atoms with Gasteiger partial charge in [0.05, 0.1) is 0 Å². The van der Waals surface area contributed by atoms with Crippen molar-refractivity contribution >= 4 is 8.56 Å². The molecule has 0 rings (SSSR count). The Labute approximate surface area is 90.2 Å². The van der Waals surface area contributed by atoms with E-state index in [1.807, 2.05) is 0 Å². The molecule has 0 bridgehead atoms. The molecule has 0 aromatic heterocycles. The fraction of sp³-hybridized carbons (Fsp3) is 1.00. The van der Waals surface area contributed by atoms with Crippen LogP contribution in [0.5, 0.6) is 0 Å². The van der Waals surface area contributed by atoms with E-state index in [9.17, 15) is 0 Å². The lowest BCUT2D eigenvalue weighted by Crippen LogP contribution is -2.48. The molecule has 0 aliphatic rings. The largest absolute Gasteiger partial charge is 0.397 e. The van der Waals surface area contributed by atoms with E-state index < -0.39 is 8.56 Å². The van der Waals surface area contributed by atoms with Crippen LogP contribution in [0.4, 0.5) is 0 Å². The second-order valence-corrected chi connectivity index (χ2v) is 10.0. The molecule has 0 fully saturated rings. The SMILES string of the molecule is CO[Si](C)(OC)C(C)(C)CC(C)(C)C. The molecule has 2 nitrogen and oxygen atoms in total. The molecule has 0 saturated carbocycles. The summed E-state index contributed by atoms with van der Waals surface area (Å²) in [5.74, 6) is 0. The van der Waals surface area contributed by atoms with Crippen molar-refractivity contribution in [1.82, 2.24) is 0 Å². The van der Waals surface area contributed by atoms with Crippen molar-refractivity contribution in [2.24, 2.45) is 5.41 Å². The van der Waals surface area contributed by atoms with E-state index in [2.05, 4.69) is 41.2 Å². The van der Waals surface area contributed by atoms with Gasteiger partial charge in [0.25, 0.3) is 0 Å². The molecule has 0 aromatic carbocycles. The van der Waals surface area contributed by atoms with Crippen molar-refractivity contribution in [1.29, 1.82) is 0 Å². The van der Waals surface area contributed by atoms with Crippen LogP contribution in [0.15, 0.2) is 0 Å². The molecule has 0 saturated heterocycles. The fourth-order valence-corrected chi connectivity index (χ4v) is 4.25. The molecule has 0 unspecified atom stereocenters. The molecule has 86 valence electrons. The van der Waals surface area contributed by atoms with Crippen LogP contribution in [-0.2, 0) is 8.85 Å². The van der Waals surface area contributed by atoms with E-state index in [-0.39, 0.29) is 5.04 Å². The first-order valence-corrected chi connectivity index (χ1v) is 7.50. The van der Waals surface area contributed by atoms with Gasteiger partial charge >= 0.3 is 8.56 Å². The molecule has 0 heterocycles. The van der Waals surface area contributed by atoms with Crippen LogP contribution < -0.4 is 0 Å². The highest BCUT2D eigenvalue weighted by atomic mass is 28.4. The van der Waals surface area contributed by atoms with Crippen LogP contribution in [0.2, 0.25) is 11.6 Å². The third-order valence-corrected chi connectivity index (χ3v) is 7.17. The lowest BCUT2D eigenvalue weighted by molar-refractivity contribution is 0.192. The quantitative estimate of drug-likeness (QED) is 0.672. The minimum atomic E-state index is -2.03. The molecule has 0 radical (unpaired) electrons. The first-order valence-electron chi connectivity index (χ1n) is 5.18. The zero-order valence-electron chi connectivity index (χ0n) is 11.0. The van der Waals surface area contributed by atoms with Crippen LogP contribution in [-0.4, -0.2) is 22.8 Å². The second kappa shape index (κ2) is 4.33. The average molecular weight is 218 g/mol. The minimum Gasteiger partial charge on any atom is -0.397 e. The van der Waals surface area contributed by atoms with Crippen LogP contribution in [0.1, 0.15) is 41.0 Å². The van der Waals surface area contributed by atoms with E-state index in [1.54, 1.807) is 14.2 Å². The third kappa shape index (κ3) is 3.37. The van der Waals surface area contributed by atoms with Gasteiger partial charge in [0.15, 0.2) is 0 Å². The number of hydrogen-bond donors (Lipinski definition) is 0. The molecular weight excluding hydrogens is 192 g/mol. The maximum Gasteiger partial charge on any atom is 0.340 e. The van der Waals surface area contributed by atoms with Gasteiger partial charge in [0.2, 0.25) is 0 Å². The predicted octanol–water partition coefficient (Wildman–Crippen LogP) is 3.57. The zero-order chi connectivity index (χ0) is 11.6. The summed E-state index contributed by atoms with van der Waals surface area (Å²) in [7, 11) is 1.49. The lowest BCUT2D eigenvalue weighted by Gasteiger charge is -2.42. The van der Waals surface area contributed by atoms with Crippen molar-refractivity contribution in [3.8, 4) is 0 Å². The van der Waals surface area contributed by atoms with Gasteiger partial charge < -0.3 is 8.85 Å². The Morgan fingerprint density at radius 2 is 1.29 bits per heavy atom. The molecule has 0 N–H and O–H groups in total. The first-order chi connectivity index (χ1) is 6.08. The molecule has 0 aliphatic heterocycles. The summed E-state index contributed by atoms with van der Waals surface area (Å²) in [6, 6.07) is 0. The topological polar surface area (TPSA) is 18.5 Å². The van der Waals surface area contributed by atoms with Crippen LogP contribution in [0.25, 0.3) is 0 Å². The van der Waals surface area contributed by atoms with Crippen LogP contribution in [0.3, 0.4) is 0 Å². The van der Waals surface area contributed by atoms with Gasteiger partial charge in [0.1, 0.15) is 0 Å². The summed E-state index contributed by atoms with van der Waals surface area (Å²) in [5.41, 5.74) is 0.314. The highest BCUT2D eigenvalue weighted by Gasteiger charge is 2.47. The molecule has 0 atom stereocenters. The summed E-state index contributed by atoms with van der Waals surface area (Å²) in [6.45, 7) is 13.4. The maximum absolute atomic E-state index is 5.61. The lowest BCUT2D eigenvalue weighted by atomic mass is 9.86. The van der Waals surface area contributed by atoms with E-state index >= 15 is 0 Å². The van der Waals surface area contributed by atoms with Crippen molar-refractivity contribution < 1.29 is 8.85 Å². The van der Waals surface area contributed by atoms with Crippen molar-refractivity contribution in [3.05, 3.63) is 0 Å².